The lowest BCUT2D eigenvalue weighted by Gasteiger charge is -2.10. The quantitative estimate of drug-likeness (QED) is 0.861. The van der Waals surface area contributed by atoms with Gasteiger partial charge in [0.2, 0.25) is 5.95 Å². The molecule has 19 heavy (non-hydrogen) atoms. The number of rotatable bonds is 5. The zero-order valence-corrected chi connectivity index (χ0v) is 11.6. The Bertz CT molecular complexity index is 553. The molecular weight excluding hydrogens is 238 g/mol. The van der Waals surface area contributed by atoms with E-state index in [2.05, 4.69) is 32.5 Å². The lowest BCUT2D eigenvalue weighted by Crippen LogP contribution is -2.08. The normalized spacial score (nSPS) is 10.3. The summed E-state index contributed by atoms with van der Waals surface area (Å²) in [6.07, 6.45) is 3.68. The summed E-state index contributed by atoms with van der Waals surface area (Å²) in [5.41, 5.74) is 3.33. The number of anilines is 2. The van der Waals surface area contributed by atoms with Crippen LogP contribution in [0.15, 0.2) is 24.5 Å². The summed E-state index contributed by atoms with van der Waals surface area (Å²) in [5.74, 6) is 1.49. The average Bonchev–Trinajstić information content (AvgIpc) is 2.37. The number of pyridine rings is 1. The van der Waals surface area contributed by atoms with Crippen molar-refractivity contribution < 1.29 is 0 Å². The van der Waals surface area contributed by atoms with Gasteiger partial charge in [0.15, 0.2) is 0 Å². The van der Waals surface area contributed by atoms with Crippen molar-refractivity contribution in [1.29, 1.82) is 0 Å². The fourth-order valence-corrected chi connectivity index (χ4v) is 1.76. The molecule has 0 aliphatic heterocycles. The number of nitrogens with zero attached hydrogens (tertiary/aromatic N) is 3. The maximum absolute atomic E-state index is 4.41. The van der Waals surface area contributed by atoms with Gasteiger partial charge in [-0.25, -0.2) is 4.98 Å². The van der Waals surface area contributed by atoms with Gasteiger partial charge in [-0.3, -0.25) is 4.98 Å². The van der Waals surface area contributed by atoms with Gasteiger partial charge < -0.3 is 10.6 Å². The predicted molar refractivity (Wildman–Crippen MR) is 77.2 cm³/mol. The van der Waals surface area contributed by atoms with Gasteiger partial charge in [-0.05, 0) is 38.0 Å². The van der Waals surface area contributed by atoms with Gasteiger partial charge >= 0.3 is 0 Å². The largest absolute Gasteiger partial charge is 0.366 e. The summed E-state index contributed by atoms with van der Waals surface area (Å²) in [7, 11) is 0. The molecule has 0 saturated carbocycles. The Hall–Kier alpha value is -2.17. The summed E-state index contributed by atoms with van der Waals surface area (Å²) >= 11 is 0. The molecule has 0 fully saturated rings. The number of hydrogen-bond acceptors (Lipinski definition) is 5. The number of aromatic nitrogens is 3. The van der Waals surface area contributed by atoms with E-state index in [1.807, 2.05) is 32.2 Å². The van der Waals surface area contributed by atoms with E-state index < -0.39 is 0 Å². The first-order chi connectivity index (χ1) is 9.19. The van der Waals surface area contributed by atoms with Gasteiger partial charge in [0.05, 0.1) is 0 Å². The van der Waals surface area contributed by atoms with E-state index in [4.69, 9.17) is 0 Å². The highest BCUT2D eigenvalue weighted by molar-refractivity contribution is 5.43. The van der Waals surface area contributed by atoms with Gasteiger partial charge in [-0.15, -0.1) is 0 Å². The standard InChI is InChI=1S/C14H19N5/c1-4-16-14-18-11(3)7-13(19-14)17-9-12-8-15-6-5-10(12)2/h5-8H,4,9H2,1-3H3,(H2,16,17,18,19). The average molecular weight is 257 g/mol. The lowest BCUT2D eigenvalue weighted by molar-refractivity contribution is 1.02. The van der Waals surface area contributed by atoms with Crippen molar-refractivity contribution in [2.45, 2.75) is 27.3 Å². The van der Waals surface area contributed by atoms with Crippen LogP contribution in [0.5, 0.6) is 0 Å². The summed E-state index contributed by atoms with van der Waals surface area (Å²) in [6, 6.07) is 3.94. The maximum Gasteiger partial charge on any atom is 0.224 e. The molecule has 2 aromatic rings. The Balaban J connectivity index is 2.09. The van der Waals surface area contributed by atoms with Crippen LogP contribution in [-0.2, 0) is 6.54 Å². The highest BCUT2D eigenvalue weighted by Crippen LogP contribution is 2.12. The van der Waals surface area contributed by atoms with E-state index in [9.17, 15) is 0 Å². The number of hydrogen-bond donors (Lipinski definition) is 2. The van der Waals surface area contributed by atoms with Gasteiger partial charge in [0.25, 0.3) is 0 Å². The third-order valence-electron chi connectivity index (χ3n) is 2.80. The minimum absolute atomic E-state index is 0.660. The van der Waals surface area contributed by atoms with Crippen molar-refractivity contribution in [1.82, 2.24) is 15.0 Å². The topological polar surface area (TPSA) is 62.7 Å². The van der Waals surface area contributed by atoms with Gasteiger partial charge in [0.1, 0.15) is 5.82 Å². The Morgan fingerprint density at radius 3 is 2.74 bits per heavy atom. The monoisotopic (exact) mass is 257 g/mol. The Morgan fingerprint density at radius 1 is 1.16 bits per heavy atom. The molecule has 0 saturated heterocycles. The minimum Gasteiger partial charge on any atom is -0.366 e. The van der Waals surface area contributed by atoms with E-state index >= 15 is 0 Å². The van der Waals surface area contributed by atoms with Crippen molar-refractivity contribution >= 4 is 11.8 Å². The lowest BCUT2D eigenvalue weighted by atomic mass is 10.1. The maximum atomic E-state index is 4.41. The second kappa shape index (κ2) is 6.13. The second-order valence-corrected chi connectivity index (χ2v) is 4.40. The molecule has 0 amide bonds. The molecule has 5 nitrogen and oxygen atoms in total. The van der Waals surface area contributed by atoms with Crippen molar-refractivity contribution in [3.63, 3.8) is 0 Å². The molecule has 0 aliphatic rings. The highest BCUT2D eigenvalue weighted by Gasteiger charge is 2.02. The fraction of sp³-hybridized carbons (Fsp3) is 0.357. The molecule has 0 spiro atoms. The van der Waals surface area contributed by atoms with Gasteiger partial charge in [0, 0.05) is 37.2 Å². The van der Waals surface area contributed by atoms with Gasteiger partial charge in [-0.2, -0.15) is 4.98 Å². The number of aryl methyl sites for hydroxylation is 2. The van der Waals surface area contributed by atoms with E-state index in [0.717, 1.165) is 18.1 Å². The van der Waals surface area contributed by atoms with Crippen LogP contribution in [0.25, 0.3) is 0 Å². The molecule has 2 heterocycles. The van der Waals surface area contributed by atoms with Crippen LogP contribution >= 0.6 is 0 Å². The molecule has 2 N–H and O–H groups in total. The Labute approximate surface area is 113 Å². The predicted octanol–water partition coefficient (Wildman–Crippen LogP) is 2.53. The summed E-state index contributed by atoms with van der Waals surface area (Å²) < 4.78 is 0. The van der Waals surface area contributed by atoms with Crippen molar-refractivity contribution in [2.24, 2.45) is 0 Å². The molecule has 100 valence electrons. The molecular formula is C14H19N5. The Morgan fingerprint density at radius 2 is 2.00 bits per heavy atom. The van der Waals surface area contributed by atoms with E-state index in [-0.39, 0.29) is 0 Å². The summed E-state index contributed by atoms with van der Waals surface area (Å²) in [6.45, 7) is 7.58. The van der Waals surface area contributed by atoms with Crippen LogP contribution in [0.2, 0.25) is 0 Å². The molecule has 2 aromatic heterocycles. The molecule has 2 rings (SSSR count). The van der Waals surface area contributed by atoms with E-state index in [1.165, 1.54) is 11.1 Å². The van der Waals surface area contributed by atoms with Crippen LogP contribution in [0.4, 0.5) is 11.8 Å². The van der Waals surface area contributed by atoms with E-state index in [0.29, 0.717) is 12.5 Å². The third kappa shape index (κ3) is 3.64. The zero-order chi connectivity index (χ0) is 13.7. The number of nitrogens with one attached hydrogen (secondary N) is 2. The zero-order valence-electron chi connectivity index (χ0n) is 11.6. The van der Waals surface area contributed by atoms with Gasteiger partial charge in [-0.1, -0.05) is 0 Å². The first kappa shape index (κ1) is 13.3. The molecule has 0 unspecified atom stereocenters. The molecule has 0 radical (unpaired) electrons. The highest BCUT2D eigenvalue weighted by atomic mass is 15.1. The second-order valence-electron chi connectivity index (χ2n) is 4.40. The first-order valence-electron chi connectivity index (χ1n) is 6.42. The molecule has 5 heteroatoms. The summed E-state index contributed by atoms with van der Waals surface area (Å²) in [4.78, 5) is 12.9. The van der Waals surface area contributed by atoms with Crippen LogP contribution < -0.4 is 10.6 Å². The SMILES string of the molecule is CCNc1nc(C)cc(NCc2cnccc2C)n1. The van der Waals surface area contributed by atoms with Crippen LogP contribution in [0.1, 0.15) is 23.7 Å². The Kier molecular flexibility index (Phi) is 4.28. The smallest absolute Gasteiger partial charge is 0.224 e. The third-order valence-corrected chi connectivity index (χ3v) is 2.80. The van der Waals surface area contributed by atoms with E-state index in [1.54, 1.807) is 6.20 Å². The van der Waals surface area contributed by atoms with Crippen molar-refractivity contribution in [3.05, 3.63) is 41.3 Å². The van der Waals surface area contributed by atoms with Crippen LogP contribution in [0, 0.1) is 13.8 Å². The molecule has 0 bridgehead atoms. The molecule has 0 atom stereocenters. The summed E-state index contributed by atoms with van der Waals surface area (Å²) in [5, 5.41) is 6.43. The first-order valence-corrected chi connectivity index (χ1v) is 6.42. The molecule has 0 aliphatic carbocycles. The van der Waals surface area contributed by atoms with Crippen LogP contribution in [-0.4, -0.2) is 21.5 Å². The van der Waals surface area contributed by atoms with Crippen molar-refractivity contribution in [2.75, 3.05) is 17.2 Å². The van der Waals surface area contributed by atoms with Crippen LogP contribution in [0.3, 0.4) is 0 Å². The minimum atomic E-state index is 0.660. The fourth-order valence-electron chi connectivity index (χ4n) is 1.76. The van der Waals surface area contributed by atoms with Crippen molar-refractivity contribution in [3.8, 4) is 0 Å². The molecule has 0 aromatic carbocycles.